The average Bonchev–Trinajstić information content (AvgIpc) is 2.70. The summed E-state index contributed by atoms with van der Waals surface area (Å²) in [5.74, 6) is 0. The third kappa shape index (κ3) is 3.34. The second-order valence-corrected chi connectivity index (χ2v) is 6.28. The summed E-state index contributed by atoms with van der Waals surface area (Å²) < 4.78 is 18.5. The Morgan fingerprint density at radius 3 is 2.56 bits per heavy atom. The van der Waals surface area contributed by atoms with Crippen LogP contribution >= 0.6 is 0 Å². The van der Waals surface area contributed by atoms with Crippen molar-refractivity contribution >= 4 is 6.09 Å². The summed E-state index contributed by atoms with van der Waals surface area (Å²) in [4.78, 5) is 13.5. The summed E-state index contributed by atoms with van der Waals surface area (Å²) in [5, 5.41) is 3.29. The lowest BCUT2D eigenvalue weighted by Gasteiger charge is -2.33. The van der Waals surface area contributed by atoms with Crippen molar-refractivity contribution in [1.82, 2.24) is 10.2 Å². The van der Waals surface area contributed by atoms with Crippen molar-refractivity contribution in [2.24, 2.45) is 0 Å². The molecule has 2 rings (SSSR count). The van der Waals surface area contributed by atoms with E-state index in [1.165, 1.54) is 0 Å². The van der Waals surface area contributed by atoms with E-state index in [4.69, 9.17) is 4.74 Å². The predicted octanol–water partition coefficient (Wildman–Crippen LogP) is 2.09. The number of amides is 1. The summed E-state index contributed by atoms with van der Waals surface area (Å²) in [6.45, 7) is 6.89. The fraction of sp³-hybridized carbons (Fsp3) is 0.923. The minimum absolute atomic E-state index is 0.00594. The van der Waals surface area contributed by atoms with Gasteiger partial charge in [-0.1, -0.05) is 0 Å². The molecule has 1 heterocycles. The first-order chi connectivity index (χ1) is 8.35. The summed E-state index contributed by atoms with van der Waals surface area (Å²) in [6.07, 6.45) is 1.48. The van der Waals surface area contributed by atoms with Crippen LogP contribution in [0.4, 0.5) is 9.18 Å². The monoisotopic (exact) mass is 258 g/mol. The van der Waals surface area contributed by atoms with Gasteiger partial charge in [0.2, 0.25) is 0 Å². The molecule has 2 fully saturated rings. The first-order valence-corrected chi connectivity index (χ1v) is 6.73. The van der Waals surface area contributed by atoms with Gasteiger partial charge in [-0.2, -0.15) is 0 Å². The number of carbonyl (C=O) groups excluding carboxylic acids is 1. The van der Waals surface area contributed by atoms with E-state index < -0.39 is 11.8 Å². The van der Waals surface area contributed by atoms with Crippen molar-refractivity contribution in [2.45, 2.75) is 63.9 Å². The van der Waals surface area contributed by atoms with Gasteiger partial charge in [-0.25, -0.2) is 9.18 Å². The van der Waals surface area contributed by atoms with Gasteiger partial charge in [0.1, 0.15) is 11.8 Å². The molecule has 1 saturated heterocycles. The zero-order valence-electron chi connectivity index (χ0n) is 11.4. The first kappa shape index (κ1) is 13.6. The molecule has 1 aliphatic carbocycles. The van der Waals surface area contributed by atoms with E-state index >= 15 is 0 Å². The number of likely N-dealkylation sites (tertiary alicyclic amines) is 1. The summed E-state index contributed by atoms with van der Waals surface area (Å²) in [5.41, 5.74) is -0.458. The Morgan fingerprint density at radius 1 is 1.33 bits per heavy atom. The molecule has 0 bridgehead atoms. The van der Waals surface area contributed by atoms with E-state index in [0.717, 1.165) is 12.8 Å². The molecule has 1 amide bonds. The van der Waals surface area contributed by atoms with Crippen molar-refractivity contribution in [2.75, 3.05) is 13.1 Å². The number of hydrogen-bond donors (Lipinski definition) is 1. The third-order valence-electron chi connectivity index (χ3n) is 3.48. The van der Waals surface area contributed by atoms with E-state index in [1.54, 1.807) is 4.90 Å². The van der Waals surface area contributed by atoms with Crippen LogP contribution in [0, 0.1) is 0 Å². The number of nitrogens with one attached hydrogen (secondary N) is 1. The molecule has 0 aromatic heterocycles. The van der Waals surface area contributed by atoms with Crippen LogP contribution in [0.15, 0.2) is 0 Å². The largest absolute Gasteiger partial charge is 0.444 e. The number of nitrogens with zero attached hydrogens (tertiary/aromatic N) is 1. The van der Waals surface area contributed by atoms with Gasteiger partial charge in [0.25, 0.3) is 0 Å². The van der Waals surface area contributed by atoms with E-state index in [9.17, 15) is 9.18 Å². The summed E-state index contributed by atoms with van der Waals surface area (Å²) in [6, 6.07) is 0.203. The maximum atomic E-state index is 13.1. The summed E-state index contributed by atoms with van der Waals surface area (Å²) in [7, 11) is 0. The van der Waals surface area contributed by atoms with E-state index in [1.807, 2.05) is 20.8 Å². The lowest BCUT2D eigenvalue weighted by Crippen LogP contribution is -2.51. The number of halogens is 1. The van der Waals surface area contributed by atoms with Crippen LogP contribution in [0.1, 0.15) is 40.0 Å². The van der Waals surface area contributed by atoms with Crippen LogP contribution in [0.5, 0.6) is 0 Å². The smallest absolute Gasteiger partial charge is 0.410 e. The Labute approximate surface area is 108 Å². The maximum absolute atomic E-state index is 13.1. The fourth-order valence-electron chi connectivity index (χ4n) is 2.34. The Kier molecular flexibility index (Phi) is 3.80. The molecule has 5 heteroatoms. The molecular weight excluding hydrogens is 235 g/mol. The van der Waals surface area contributed by atoms with Gasteiger partial charge in [0.15, 0.2) is 0 Å². The minimum atomic E-state index is -0.708. The molecule has 0 spiro atoms. The number of rotatable bonds is 2. The zero-order chi connectivity index (χ0) is 13.3. The topological polar surface area (TPSA) is 41.6 Å². The first-order valence-electron chi connectivity index (χ1n) is 6.73. The molecule has 1 aliphatic heterocycles. The highest BCUT2D eigenvalue weighted by Crippen LogP contribution is 2.25. The average molecular weight is 258 g/mol. The predicted molar refractivity (Wildman–Crippen MR) is 67.3 cm³/mol. The van der Waals surface area contributed by atoms with Crippen LogP contribution in [0.3, 0.4) is 0 Å². The molecule has 3 atom stereocenters. The van der Waals surface area contributed by atoms with Crippen molar-refractivity contribution in [3.63, 3.8) is 0 Å². The van der Waals surface area contributed by atoms with Crippen LogP contribution in [0.25, 0.3) is 0 Å². The van der Waals surface area contributed by atoms with Gasteiger partial charge in [-0.05, 0) is 40.0 Å². The van der Waals surface area contributed by atoms with Gasteiger partial charge in [-0.15, -0.1) is 0 Å². The van der Waals surface area contributed by atoms with Crippen molar-refractivity contribution in [3.8, 4) is 0 Å². The van der Waals surface area contributed by atoms with Crippen molar-refractivity contribution in [3.05, 3.63) is 0 Å². The van der Waals surface area contributed by atoms with Crippen molar-refractivity contribution < 1.29 is 13.9 Å². The molecule has 1 N–H and O–H groups in total. The molecule has 104 valence electrons. The highest BCUT2D eigenvalue weighted by atomic mass is 19.1. The molecule has 1 saturated carbocycles. The number of carbonyl (C=O) groups is 1. The van der Waals surface area contributed by atoms with Gasteiger partial charge >= 0.3 is 6.09 Å². The van der Waals surface area contributed by atoms with Gasteiger partial charge in [0, 0.05) is 25.2 Å². The van der Waals surface area contributed by atoms with E-state index in [0.29, 0.717) is 19.5 Å². The highest BCUT2D eigenvalue weighted by Gasteiger charge is 2.36. The standard InChI is InChI=1S/C13H23FN2O2/c1-13(2,3)18-12(17)16-7-6-9(8-16)15-11-5-4-10(11)14/h9-11,15H,4-8H2,1-3H3. The van der Waals surface area contributed by atoms with E-state index in [-0.39, 0.29) is 18.2 Å². The van der Waals surface area contributed by atoms with Crippen LogP contribution in [0.2, 0.25) is 0 Å². The Hall–Kier alpha value is -0.840. The minimum Gasteiger partial charge on any atom is -0.444 e. The lowest BCUT2D eigenvalue weighted by molar-refractivity contribution is 0.0288. The summed E-state index contributed by atoms with van der Waals surface area (Å²) >= 11 is 0. The maximum Gasteiger partial charge on any atom is 0.410 e. The number of ether oxygens (including phenoxy) is 1. The quantitative estimate of drug-likeness (QED) is 0.824. The van der Waals surface area contributed by atoms with Crippen molar-refractivity contribution in [1.29, 1.82) is 0 Å². The second-order valence-electron chi connectivity index (χ2n) is 6.28. The molecule has 2 aliphatic rings. The lowest BCUT2D eigenvalue weighted by atomic mass is 9.90. The fourth-order valence-corrected chi connectivity index (χ4v) is 2.34. The SMILES string of the molecule is CC(C)(C)OC(=O)N1CCC(NC2CCC2F)C1. The highest BCUT2D eigenvalue weighted by molar-refractivity contribution is 5.68. The normalized spacial score (nSPS) is 32.2. The number of hydrogen-bond acceptors (Lipinski definition) is 3. The van der Waals surface area contributed by atoms with E-state index in [2.05, 4.69) is 5.32 Å². The van der Waals surface area contributed by atoms with Gasteiger partial charge < -0.3 is 15.0 Å². The number of alkyl halides is 1. The molecule has 0 aromatic carbocycles. The van der Waals surface area contributed by atoms with Crippen LogP contribution in [-0.2, 0) is 4.74 Å². The Bertz CT molecular complexity index is 317. The van der Waals surface area contributed by atoms with Crippen LogP contribution in [-0.4, -0.2) is 47.9 Å². The molecule has 3 unspecified atom stereocenters. The third-order valence-corrected chi connectivity index (χ3v) is 3.48. The second kappa shape index (κ2) is 5.03. The molecule has 4 nitrogen and oxygen atoms in total. The Balaban J connectivity index is 1.75. The van der Waals surface area contributed by atoms with Crippen LogP contribution < -0.4 is 5.32 Å². The zero-order valence-corrected chi connectivity index (χ0v) is 11.4. The van der Waals surface area contributed by atoms with Gasteiger partial charge in [0.05, 0.1) is 0 Å². The van der Waals surface area contributed by atoms with Gasteiger partial charge in [-0.3, -0.25) is 0 Å². The molecule has 18 heavy (non-hydrogen) atoms. The Morgan fingerprint density at radius 2 is 2.06 bits per heavy atom. The molecule has 0 aromatic rings. The molecule has 0 radical (unpaired) electrons. The molecular formula is C13H23FN2O2.